The lowest BCUT2D eigenvalue weighted by molar-refractivity contribution is 0.544. The SMILES string of the molecule is CC1=Nc2ncc(C3=CCCCc4nc(NC(C)C)ncc43)cc2C1CCC(C)C. The Hall–Kier alpha value is -2.56. The highest BCUT2D eigenvalue weighted by Gasteiger charge is 2.27. The van der Waals surface area contributed by atoms with Crippen LogP contribution in [0.25, 0.3) is 5.57 Å². The monoisotopic (exact) mass is 403 g/mol. The fraction of sp³-hybridized carbons (Fsp3) is 0.520. The number of rotatable bonds is 6. The zero-order valence-corrected chi connectivity index (χ0v) is 18.9. The molecule has 0 spiro atoms. The second kappa shape index (κ2) is 8.66. The highest BCUT2D eigenvalue weighted by Crippen LogP contribution is 2.40. The number of aromatic nitrogens is 3. The predicted octanol–water partition coefficient (Wildman–Crippen LogP) is 6.09. The molecule has 1 unspecified atom stereocenters. The normalized spacial score (nSPS) is 18.0. The lowest BCUT2D eigenvalue weighted by Gasteiger charge is -2.16. The van der Waals surface area contributed by atoms with Crippen LogP contribution < -0.4 is 5.32 Å². The van der Waals surface area contributed by atoms with Crippen LogP contribution in [0.1, 0.15) is 88.6 Å². The Morgan fingerprint density at radius 1 is 1.13 bits per heavy atom. The third-order valence-electron chi connectivity index (χ3n) is 5.94. The maximum atomic E-state index is 4.83. The van der Waals surface area contributed by atoms with E-state index in [1.165, 1.54) is 23.3 Å². The molecule has 1 aliphatic carbocycles. The first-order valence-electron chi connectivity index (χ1n) is 11.3. The van der Waals surface area contributed by atoms with Crippen LogP contribution in [0.4, 0.5) is 11.8 Å². The van der Waals surface area contributed by atoms with Crippen LogP contribution in [0.15, 0.2) is 29.5 Å². The minimum atomic E-state index is 0.316. The summed E-state index contributed by atoms with van der Waals surface area (Å²) < 4.78 is 0. The van der Waals surface area contributed by atoms with E-state index in [-0.39, 0.29) is 0 Å². The maximum absolute atomic E-state index is 4.83. The van der Waals surface area contributed by atoms with Gasteiger partial charge in [0, 0.05) is 46.8 Å². The van der Waals surface area contributed by atoms with Gasteiger partial charge in [-0.1, -0.05) is 26.3 Å². The Morgan fingerprint density at radius 3 is 2.73 bits per heavy atom. The number of aryl methyl sites for hydroxylation is 1. The largest absolute Gasteiger partial charge is 0.352 e. The van der Waals surface area contributed by atoms with Gasteiger partial charge in [0.15, 0.2) is 5.82 Å². The van der Waals surface area contributed by atoms with Gasteiger partial charge in [0.05, 0.1) is 5.69 Å². The Labute approximate surface area is 180 Å². The number of fused-ring (bicyclic) bond motifs is 2. The van der Waals surface area contributed by atoms with E-state index >= 15 is 0 Å². The molecule has 2 aromatic heterocycles. The summed E-state index contributed by atoms with van der Waals surface area (Å²) in [6, 6.07) is 2.63. The van der Waals surface area contributed by atoms with E-state index in [4.69, 9.17) is 15.0 Å². The van der Waals surface area contributed by atoms with E-state index in [9.17, 15) is 0 Å². The minimum Gasteiger partial charge on any atom is -0.352 e. The number of hydrogen-bond donors (Lipinski definition) is 1. The van der Waals surface area contributed by atoms with Crippen LogP contribution in [0, 0.1) is 5.92 Å². The van der Waals surface area contributed by atoms with Crippen LogP contribution in [-0.4, -0.2) is 26.7 Å². The first-order chi connectivity index (χ1) is 14.4. The van der Waals surface area contributed by atoms with Gasteiger partial charge in [0.2, 0.25) is 5.95 Å². The molecule has 0 fully saturated rings. The molecular weight excluding hydrogens is 370 g/mol. The molecule has 0 saturated carbocycles. The molecular formula is C25H33N5. The van der Waals surface area contributed by atoms with Gasteiger partial charge in [-0.3, -0.25) is 0 Å². The lowest BCUT2D eigenvalue weighted by Crippen LogP contribution is -2.14. The molecule has 0 saturated heterocycles. The molecule has 1 N–H and O–H groups in total. The van der Waals surface area contributed by atoms with Crippen molar-refractivity contribution in [3.8, 4) is 0 Å². The average molecular weight is 404 g/mol. The quantitative estimate of drug-likeness (QED) is 0.634. The third-order valence-corrected chi connectivity index (χ3v) is 5.94. The van der Waals surface area contributed by atoms with E-state index in [1.54, 1.807) is 0 Å². The predicted molar refractivity (Wildman–Crippen MR) is 125 cm³/mol. The smallest absolute Gasteiger partial charge is 0.223 e. The van der Waals surface area contributed by atoms with E-state index in [2.05, 4.69) is 57.1 Å². The van der Waals surface area contributed by atoms with Crippen molar-refractivity contribution in [2.45, 2.75) is 78.7 Å². The van der Waals surface area contributed by atoms with E-state index in [0.717, 1.165) is 54.3 Å². The van der Waals surface area contributed by atoms with E-state index in [1.807, 2.05) is 12.4 Å². The number of nitrogens with zero attached hydrogens (tertiary/aromatic N) is 4. The van der Waals surface area contributed by atoms with Crippen LogP contribution in [0.2, 0.25) is 0 Å². The molecule has 3 heterocycles. The number of nitrogens with one attached hydrogen (secondary N) is 1. The number of pyridine rings is 1. The van der Waals surface area contributed by atoms with E-state index in [0.29, 0.717) is 17.9 Å². The first kappa shape index (κ1) is 20.7. The van der Waals surface area contributed by atoms with Gasteiger partial charge >= 0.3 is 0 Å². The molecule has 0 amide bonds. The molecule has 158 valence electrons. The molecule has 0 radical (unpaired) electrons. The summed E-state index contributed by atoms with van der Waals surface area (Å²) in [5, 5.41) is 3.33. The van der Waals surface area contributed by atoms with Crippen molar-refractivity contribution in [2.75, 3.05) is 5.32 Å². The molecule has 1 aliphatic heterocycles. The van der Waals surface area contributed by atoms with Crippen LogP contribution >= 0.6 is 0 Å². The van der Waals surface area contributed by atoms with Gasteiger partial charge < -0.3 is 5.32 Å². The summed E-state index contributed by atoms with van der Waals surface area (Å²) in [5.41, 5.74) is 7.10. The van der Waals surface area contributed by atoms with Crippen LogP contribution in [0.5, 0.6) is 0 Å². The molecule has 30 heavy (non-hydrogen) atoms. The van der Waals surface area contributed by atoms with Crippen molar-refractivity contribution >= 4 is 23.1 Å². The van der Waals surface area contributed by atoms with Crippen molar-refractivity contribution < 1.29 is 0 Å². The second-order valence-corrected chi connectivity index (χ2v) is 9.28. The van der Waals surface area contributed by atoms with Crippen molar-refractivity contribution in [1.29, 1.82) is 0 Å². The Morgan fingerprint density at radius 2 is 1.97 bits per heavy atom. The van der Waals surface area contributed by atoms with Crippen molar-refractivity contribution in [1.82, 2.24) is 15.0 Å². The standard InChI is InChI=1S/C25H33N5/c1-15(2)10-11-19-17(5)29-24-21(19)12-18(13-26-24)20-8-6-7-9-23-22(20)14-27-25(30-23)28-16(3)4/h8,12-16,19H,6-7,9-11H2,1-5H3,(H,27,28,30). The molecule has 0 bridgehead atoms. The fourth-order valence-corrected chi connectivity index (χ4v) is 4.37. The highest BCUT2D eigenvalue weighted by molar-refractivity contribution is 5.96. The summed E-state index contributed by atoms with van der Waals surface area (Å²) >= 11 is 0. The zero-order valence-electron chi connectivity index (χ0n) is 18.9. The van der Waals surface area contributed by atoms with E-state index < -0.39 is 0 Å². The Kier molecular flexibility index (Phi) is 5.98. The summed E-state index contributed by atoms with van der Waals surface area (Å²) in [5.74, 6) is 2.69. The van der Waals surface area contributed by atoms with Gasteiger partial charge in [-0.05, 0) is 64.0 Å². The third kappa shape index (κ3) is 4.30. The van der Waals surface area contributed by atoms with Gasteiger partial charge in [0.25, 0.3) is 0 Å². The molecule has 5 heteroatoms. The molecule has 5 nitrogen and oxygen atoms in total. The Balaban J connectivity index is 1.68. The van der Waals surface area contributed by atoms with Gasteiger partial charge in [-0.2, -0.15) is 0 Å². The molecule has 2 aromatic rings. The van der Waals surface area contributed by atoms with Gasteiger partial charge in [0.1, 0.15) is 0 Å². The molecule has 1 atom stereocenters. The lowest BCUT2D eigenvalue weighted by atomic mass is 9.88. The molecule has 0 aromatic carbocycles. The number of allylic oxidation sites excluding steroid dienone is 1. The molecule has 4 rings (SSSR count). The zero-order chi connectivity index (χ0) is 21.3. The first-order valence-corrected chi connectivity index (χ1v) is 11.3. The molecule has 2 aliphatic rings. The maximum Gasteiger partial charge on any atom is 0.223 e. The van der Waals surface area contributed by atoms with Gasteiger partial charge in [-0.15, -0.1) is 0 Å². The fourth-order valence-electron chi connectivity index (χ4n) is 4.37. The van der Waals surface area contributed by atoms with Gasteiger partial charge in [-0.25, -0.2) is 19.9 Å². The highest BCUT2D eigenvalue weighted by atomic mass is 15.1. The van der Waals surface area contributed by atoms with Crippen molar-refractivity contribution in [3.63, 3.8) is 0 Å². The summed E-state index contributed by atoms with van der Waals surface area (Å²) in [4.78, 5) is 18.9. The number of aliphatic imine (C=N–C) groups is 1. The van der Waals surface area contributed by atoms with Crippen LogP contribution in [0.3, 0.4) is 0 Å². The number of anilines is 1. The average Bonchev–Trinajstić information content (AvgIpc) is 2.86. The van der Waals surface area contributed by atoms with Crippen molar-refractivity contribution in [3.05, 3.63) is 46.9 Å². The van der Waals surface area contributed by atoms with Crippen molar-refractivity contribution in [2.24, 2.45) is 10.9 Å². The summed E-state index contributed by atoms with van der Waals surface area (Å²) in [6.07, 6.45) is 11.7. The minimum absolute atomic E-state index is 0.316. The Bertz CT molecular complexity index is 987. The second-order valence-electron chi connectivity index (χ2n) is 9.28. The topological polar surface area (TPSA) is 63.1 Å². The van der Waals surface area contributed by atoms with Crippen LogP contribution in [-0.2, 0) is 6.42 Å². The summed E-state index contributed by atoms with van der Waals surface area (Å²) in [7, 11) is 0. The summed E-state index contributed by atoms with van der Waals surface area (Å²) in [6.45, 7) is 10.9. The number of hydrogen-bond acceptors (Lipinski definition) is 5.